The zero-order valence-electron chi connectivity index (χ0n) is 9.56. The summed E-state index contributed by atoms with van der Waals surface area (Å²) in [6.07, 6.45) is 2.55. The van der Waals surface area contributed by atoms with Crippen molar-refractivity contribution in [1.29, 1.82) is 0 Å². The van der Waals surface area contributed by atoms with Crippen LogP contribution >= 0.6 is 0 Å². The van der Waals surface area contributed by atoms with Crippen LogP contribution in [0.1, 0.15) is 40.5 Å². The van der Waals surface area contributed by atoms with E-state index >= 15 is 0 Å². The highest BCUT2D eigenvalue weighted by atomic mass is 15.2. The first-order chi connectivity index (χ1) is 6.05. The lowest BCUT2D eigenvalue weighted by atomic mass is 10.1. The molecule has 0 bridgehead atoms. The smallest absolute Gasteiger partial charge is 0.0252 e. The van der Waals surface area contributed by atoms with Crippen LogP contribution in [0.25, 0.3) is 0 Å². The summed E-state index contributed by atoms with van der Waals surface area (Å²) in [7, 11) is 0. The highest BCUT2D eigenvalue weighted by molar-refractivity contribution is 4.87. The van der Waals surface area contributed by atoms with Gasteiger partial charge in [0.2, 0.25) is 0 Å². The van der Waals surface area contributed by atoms with Crippen molar-refractivity contribution in [2.45, 2.75) is 52.1 Å². The highest BCUT2D eigenvalue weighted by Crippen LogP contribution is 2.15. The quantitative estimate of drug-likeness (QED) is 0.704. The van der Waals surface area contributed by atoms with E-state index in [0.717, 1.165) is 12.6 Å². The summed E-state index contributed by atoms with van der Waals surface area (Å²) >= 11 is 0. The molecule has 1 heterocycles. The van der Waals surface area contributed by atoms with Crippen molar-refractivity contribution in [2.24, 2.45) is 0 Å². The van der Waals surface area contributed by atoms with E-state index in [4.69, 9.17) is 0 Å². The average Bonchev–Trinajstić information content (AvgIpc) is 2.12. The molecule has 0 radical (unpaired) electrons. The van der Waals surface area contributed by atoms with E-state index in [9.17, 15) is 0 Å². The van der Waals surface area contributed by atoms with Gasteiger partial charge >= 0.3 is 0 Å². The third kappa shape index (κ3) is 3.28. The Balaban J connectivity index is 2.56. The topological polar surface area (TPSA) is 15.3 Å². The Labute approximate surface area is 82.7 Å². The molecule has 0 aliphatic carbocycles. The monoisotopic (exact) mass is 184 g/mol. The molecule has 78 valence electrons. The molecular weight excluding hydrogens is 160 g/mol. The van der Waals surface area contributed by atoms with E-state index in [0.29, 0.717) is 5.54 Å². The van der Waals surface area contributed by atoms with Crippen LogP contribution in [0.15, 0.2) is 0 Å². The molecule has 0 saturated carbocycles. The summed E-state index contributed by atoms with van der Waals surface area (Å²) in [6, 6.07) is 0.745. The minimum absolute atomic E-state index is 0.292. The van der Waals surface area contributed by atoms with Gasteiger partial charge in [-0.25, -0.2) is 0 Å². The molecule has 1 unspecified atom stereocenters. The molecule has 0 aromatic rings. The lowest BCUT2D eigenvalue weighted by Gasteiger charge is -2.32. The third-order valence-electron chi connectivity index (χ3n) is 2.90. The van der Waals surface area contributed by atoms with Gasteiger partial charge in [-0.2, -0.15) is 0 Å². The molecule has 1 atom stereocenters. The summed E-state index contributed by atoms with van der Waals surface area (Å²) in [5.74, 6) is 0. The average molecular weight is 184 g/mol. The van der Waals surface area contributed by atoms with Crippen molar-refractivity contribution in [3.63, 3.8) is 0 Å². The Morgan fingerprint density at radius 1 is 1.46 bits per heavy atom. The van der Waals surface area contributed by atoms with Crippen LogP contribution in [-0.2, 0) is 0 Å². The van der Waals surface area contributed by atoms with Crippen molar-refractivity contribution in [1.82, 2.24) is 10.2 Å². The normalized spacial score (nSPS) is 30.0. The summed E-state index contributed by atoms with van der Waals surface area (Å²) in [4.78, 5) is 2.61. The van der Waals surface area contributed by atoms with Crippen LogP contribution in [0.2, 0.25) is 0 Å². The number of nitrogens with zero attached hydrogens (tertiary/aromatic N) is 1. The predicted octanol–water partition coefficient (Wildman–Crippen LogP) is 1.86. The first kappa shape index (κ1) is 11.0. The van der Waals surface area contributed by atoms with E-state index in [-0.39, 0.29) is 0 Å². The van der Waals surface area contributed by atoms with Gasteiger partial charge in [-0.3, -0.25) is 4.90 Å². The molecule has 1 fully saturated rings. The van der Waals surface area contributed by atoms with Gasteiger partial charge in [-0.1, -0.05) is 6.92 Å². The van der Waals surface area contributed by atoms with Gasteiger partial charge in [-0.05, 0) is 46.7 Å². The number of nitrogens with one attached hydrogen (secondary N) is 1. The van der Waals surface area contributed by atoms with Gasteiger partial charge in [0.05, 0.1) is 0 Å². The molecule has 1 saturated heterocycles. The summed E-state index contributed by atoms with van der Waals surface area (Å²) in [5, 5.41) is 3.60. The number of hydrogen-bond acceptors (Lipinski definition) is 2. The van der Waals surface area contributed by atoms with Gasteiger partial charge in [0, 0.05) is 18.1 Å². The maximum Gasteiger partial charge on any atom is 0.0252 e. The Morgan fingerprint density at radius 3 is 2.77 bits per heavy atom. The fourth-order valence-corrected chi connectivity index (χ4v) is 2.11. The van der Waals surface area contributed by atoms with E-state index in [1.165, 1.54) is 25.9 Å². The number of hydrogen-bond donors (Lipinski definition) is 1. The third-order valence-corrected chi connectivity index (χ3v) is 2.90. The standard InChI is InChI=1S/C11H24N2/c1-5-8-13-9-11(3,4)12-7-6-10(13)2/h10,12H,5-9H2,1-4H3. The maximum absolute atomic E-state index is 3.60. The SMILES string of the molecule is CCCN1CC(C)(C)NCCC1C. The Kier molecular flexibility index (Phi) is 3.74. The van der Waals surface area contributed by atoms with Crippen molar-refractivity contribution in [2.75, 3.05) is 19.6 Å². The molecule has 0 aromatic carbocycles. The van der Waals surface area contributed by atoms with Crippen molar-refractivity contribution < 1.29 is 0 Å². The molecule has 0 spiro atoms. The van der Waals surface area contributed by atoms with E-state index in [2.05, 4.69) is 37.9 Å². The van der Waals surface area contributed by atoms with Crippen LogP contribution in [-0.4, -0.2) is 36.1 Å². The van der Waals surface area contributed by atoms with Crippen LogP contribution in [0.4, 0.5) is 0 Å². The summed E-state index contributed by atoms with van der Waals surface area (Å²) < 4.78 is 0. The summed E-state index contributed by atoms with van der Waals surface area (Å²) in [6.45, 7) is 12.8. The minimum atomic E-state index is 0.292. The minimum Gasteiger partial charge on any atom is -0.310 e. The largest absolute Gasteiger partial charge is 0.310 e. The lowest BCUT2D eigenvalue weighted by Crippen LogP contribution is -2.47. The van der Waals surface area contributed by atoms with Gasteiger partial charge in [0.15, 0.2) is 0 Å². The maximum atomic E-state index is 3.60. The Hall–Kier alpha value is -0.0800. The summed E-state index contributed by atoms with van der Waals surface area (Å²) in [5.41, 5.74) is 0.292. The zero-order valence-corrected chi connectivity index (χ0v) is 9.56. The van der Waals surface area contributed by atoms with Crippen LogP contribution in [0.5, 0.6) is 0 Å². The second-order valence-corrected chi connectivity index (χ2v) is 4.92. The number of rotatable bonds is 2. The first-order valence-electron chi connectivity index (χ1n) is 5.54. The molecule has 1 aliphatic rings. The molecular formula is C11H24N2. The zero-order chi connectivity index (χ0) is 9.90. The molecule has 1 aliphatic heterocycles. The Morgan fingerprint density at radius 2 is 2.15 bits per heavy atom. The van der Waals surface area contributed by atoms with E-state index in [1.54, 1.807) is 0 Å². The van der Waals surface area contributed by atoms with E-state index in [1.807, 2.05) is 0 Å². The van der Waals surface area contributed by atoms with Gasteiger partial charge in [0.1, 0.15) is 0 Å². The molecule has 1 rings (SSSR count). The molecule has 0 amide bonds. The van der Waals surface area contributed by atoms with Crippen LogP contribution < -0.4 is 5.32 Å². The first-order valence-corrected chi connectivity index (χ1v) is 5.54. The molecule has 2 nitrogen and oxygen atoms in total. The Bertz CT molecular complexity index is 154. The van der Waals surface area contributed by atoms with Gasteiger partial charge < -0.3 is 5.32 Å². The second kappa shape index (κ2) is 4.43. The molecule has 2 heteroatoms. The molecule has 0 aromatic heterocycles. The lowest BCUT2D eigenvalue weighted by molar-refractivity contribution is 0.181. The van der Waals surface area contributed by atoms with Crippen LogP contribution in [0, 0.1) is 0 Å². The van der Waals surface area contributed by atoms with Gasteiger partial charge in [-0.15, -0.1) is 0 Å². The predicted molar refractivity (Wildman–Crippen MR) is 58.0 cm³/mol. The van der Waals surface area contributed by atoms with Crippen molar-refractivity contribution >= 4 is 0 Å². The highest BCUT2D eigenvalue weighted by Gasteiger charge is 2.26. The fourth-order valence-electron chi connectivity index (χ4n) is 2.11. The fraction of sp³-hybridized carbons (Fsp3) is 1.00. The molecule has 1 N–H and O–H groups in total. The van der Waals surface area contributed by atoms with Gasteiger partial charge in [0.25, 0.3) is 0 Å². The molecule has 13 heavy (non-hydrogen) atoms. The van der Waals surface area contributed by atoms with E-state index < -0.39 is 0 Å². The van der Waals surface area contributed by atoms with Crippen LogP contribution in [0.3, 0.4) is 0 Å². The second-order valence-electron chi connectivity index (χ2n) is 4.92. The van der Waals surface area contributed by atoms with Crippen molar-refractivity contribution in [3.8, 4) is 0 Å². The van der Waals surface area contributed by atoms with Crippen molar-refractivity contribution in [3.05, 3.63) is 0 Å².